The van der Waals surface area contributed by atoms with Gasteiger partial charge in [-0.15, -0.1) is 0 Å². The van der Waals surface area contributed by atoms with Gasteiger partial charge in [-0.05, 0) is 6.92 Å². The van der Waals surface area contributed by atoms with Crippen molar-refractivity contribution in [3.63, 3.8) is 0 Å². The Morgan fingerprint density at radius 2 is 1.52 bits per heavy atom. The summed E-state index contributed by atoms with van der Waals surface area (Å²) in [5, 5.41) is 68.6. The standard InChI is InChI=1S/C14H26O11/c1-5-7(16)9(18)12(21)14(25-5)24-4-6(15)8(17)10(19)11(20)13-22-2-3-23-13/h5-21H,2-4H2,1H3/t5-,6+,7-,8+,9+,10-,11+,12+,14+/m0/s1. The van der Waals surface area contributed by atoms with Crippen molar-refractivity contribution < 1.29 is 54.7 Å². The van der Waals surface area contributed by atoms with E-state index in [0.29, 0.717) is 0 Å². The summed E-state index contributed by atoms with van der Waals surface area (Å²) in [7, 11) is 0. The number of aliphatic hydroxyl groups excluding tert-OH is 7. The average Bonchev–Trinajstić information content (AvgIpc) is 3.14. The molecule has 148 valence electrons. The van der Waals surface area contributed by atoms with Crippen LogP contribution >= 0.6 is 0 Å². The van der Waals surface area contributed by atoms with Gasteiger partial charge in [0, 0.05) is 0 Å². The SMILES string of the molecule is C[C@@H]1O[C@@H](OC[C@@H](O)[C@@H](O)[C@H](O)[C@@H](O)C2OCCO2)[C@H](O)[C@H](O)[C@H]1O. The van der Waals surface area contributed by atoms with Crippen molar-refractivity contribution in [3.8, 4) is 0 Å². The Kier molecular flexibility index (Phi) is 7.49. The highest BCUT2D eigenvalue weighted by atomic mass is 16.7. The molecule has 2 heterocycles. The molecule has 9 atom stereocenters. The molecule has 11 heteroatoms. The second kappa shape index (κ2) is 8.97. The lowest BCUT2D eigenvalue weighted by atomic mass is 10.00. The molecule has 0 aromatic rings. The Morgan fingerprint density at radius 1 is 0.920 bits per heavy atom. The van der Waals surface area contributed by atoms with Gasteiger partial charge in [0.25, 0.3) is 0 Å². The van der Waals surface area contributed by atoms with Crippen molar-refractivity contribution in [1.82, 2.24) is 0 Å². The van der Waals surface area contributed by atoms with Crippen LogP contribution in [0.1, 0.15) is 6.92 Å². The predicted octanol–water partition coefficient (Wildman–Crippen LogP) is -4.35. The maximum Gasteiger partial charge on any atom is 0.186 e. The Labute approximate surface area is 143 Å². The molecular weight excluding hydrogens is 344 g/mol. The normalized spacial score (nSPS) is 39.1. The molecule has 0 aromatic heterocycles. The van der Waals surface area contributed by atoms with Gasteiger partial charge in [-0.3, -0.25) is 0 Å². The topological polar surface area (TPSA) is 179 Å². The molecule has 0 radical (unpaired) electrons. The van der Waals surface area contributed by atoms with E-state index in [1.165, 1.54) is 6.92 Å². The lowest BCUT2D eigenvalue weighted by Gasteiger charge is -2.39. The van der Waals surface area contributed by atoms with Crippen LogP contribution in [0.4, 0.5) is 0 Å². The van der Waals surface area contributed by atoms with Crippen LogP contribution in [0.3, 0.4) is 0 Å². The van der Waals surface area contributed by atoms with Crippen molar-refractivity contribution in [2.45, 2.75) is 68.3 Å². The van der Waals surface area contributed by atoms with Crippen molar-refractivity contribution in [1.29, 1.82) is 0 Å². The summed E-state index contributed by atoms with van der Waals surface area (Å²) in [4.78, 5) is 0. The average molecular weight is 370 g/mol. The van der Waals surface area contributed by atoms with Crippen LogP contribution in [-0.4, -0.2) is 117 Å². The van der Waals surface area contributed by atoms with Gasteiger partial charge in [0.15, 0.2) is 12.6 Å². The molecule has 0 aromatic carbocycles. The molecule has 0 amide bonds. The van der Waals surface area contributed by atoms with Gasteiger partial charge in [-0.25, -0.2) is 0 Å². The Hall–Kier alpha value is -0.440. The first-order chi connectivity index (χ1) is 11.7. The molecule has 0 saturated carbocycles. The fourth-order valence-corrected chi connectivity index (χ4v) is 2.61. The van der Waals surface area contributed by atoms with E-state index < -0.39 is 68.0 Å². The molecule has 7 N–H and O–H groups in total. The van der Waals surface area contributed by atoms with Crippen LogP contribution in [0.5, 0.6) is 0 Å². The largest absolute Gasteiger partial charge is 0.388 e. The number of aliphatic hydroxyl groups is 7. The highest BCUT2D eigenvalue weighted by Crippen LogP contribution is 2.22. The van der Waals surface area contributed by atoms with Crippen LogP contribution in [0.15, 0.2) is 0 Å². The smallest absolute Gasteiger partial charge is 0.186 e. The highest BCUT2D eigenvalue weighted by Gasteiger charge is 2.43. The quantitative estimate of drug-likeness (QED) is 0.230. The Bertz CT molecular complexity index is 404. The van der Waals surface area contributed by atoms with Crippen molar-refractivity contribution in [2.24, 2.45) is 0 Å². The first-order valence-electron chi connectivity index (χ1n) is 8.00. The van der Waals surface area contributed by atoms with E-state index in [2.05, 4.69) is 0 Å². The van der Waals surface area contributed by atoms with Gasteiger partial charge in [0.1, 0.15) is 42.7 Å². The molecule has 2 aliphatic rings. The van der Waals surface area contributed by atoms with Crippen LogP contribution in [-0.2, 0) is 18.9 Å². The summed E-state index contributed by atoms with van der Waals surface area (Å²) in [6.07, 6.45) is -14.4. The molecule has 2 fully saturated rings. The molecule has 2 rings (SSSR count). The first-order valence-corrected chi connectivity index (χ1v) is 8.00. The molecule has 11 nitrogen and oxygen atoms in total. The van der Waals surface area contributed by atoms with Crippen LogP contribution in [0, 0.1) is 0 Å². The van der Waals surface area contributed by atoms with Gasteiger partial charge in [0.2, 0.25) is 0 Å². The number of rotatable bonds is 7. The third-order valence-corrected chi connectivity index (χ3v) is 4.26. The van der Waals surface area contributed by atoms with Gasteiger partial charge >= 0.3 is 0 Å². The van der Waals surface area contributed by atoms with Crippen molar-refractivity contribution in [2.75, 3.05) is 19.8 Å². The summed E-state index contributed by atoms with van der Waals surface area (Å²) >= 11 is 0. The molecule has 0 spiro atoms. The molecule has 2 aliphatic heterocycles. The van der Waals surface area contributed by atoms with E-state index >= 15 is 0 Å². The third-order valence-electron chi connectivity index (χ3n) is 4.26. The lowest BCUT2D eigenvalue weighted by molar-refractivity contribution is -0.299. The molecule has 2 saturated heterocycles. The third kappa shape index (κ3) is 4.84. The number of ether oxygens (including phenoxy) is 4. The van der Waals surface area contributed by atoms with E-state index in [1.54, 1.807) is 0 Å². The summed E-state index contributed by atoms with van der Waals surface area (Å²) in [5.74, 6) is 0. The molecule has 0 bridgehead atoms. The minimum Gasteiger partial charge on any atom is -0.388 e. The van der Waals surface area contributed by atoms with Gasteiger partial charge in [0.05, 0.1) is 25.9 Å². The maximum atomic E-state index is 9.91. The molecular formula is C14H26O11. The summed E-state index contributed by atoms with van der Waals surface area (Å²) < 4.78 is 20.3. The summed E-state index contributed by atoms with van der Waals surface area (Å²) in [6.45, 7) is 1.36. The molecule has 25 heavy (non-hydrogen) atoms. The zero-order valence-corrected chi connectivity index (χ0v) is 13.7. The minimum absolute atomic E-state index is 0.236. The Morgan fingerprint density at radius 3 is 2.12 bits per heavy atom. The summed E-state index contributed by atoms with van der Waals surface area (Å²) in [6, 6.07) is 0. The number of hydrogen-bond acceptors (Lipinski definition) is 11. The number of hydrogen-bond donors (Lipinski definition) is 7. The van der Waals surface area contributed by atoms with E-state index in [9.17, 15) is 35.7 Å². The predicted molar refractivity (Wildman–Crippen MR) is 78.0 cm³/mol. The van der Waals surface area contributed by atoms with Gasteiger partial charge in [-0.1, -0.05) is 0 Å². The van der Waals surface area contributed by atoms with Crippen molar-refractivity contribution in [3.05, 3.63) is 0 Å². The summed E-state index contributed by atoms with van der Waals surface area (Å²) in [5.41, 5.74) is 0. The zero-order valence-electron chi connectivity index (χ0n) is 13.7. The van der Waals surface area contributed by atoms with Gasteiger partial charge in [-0.2, -0.15) is 0 Å². The van der Waals surface area contributed by atoms with E-state index in [4.69, 9.17) is 18.9 Å². The van der Waals surface area contributed by atoms with Gasteiger partial charge < -0.3 is 54.7 Å². The lowest BCUT2D eigenvalue weighted by Crippen LogP contribution is -2.58. The van der Waals surface area contributed by atoms with E-state index in [0.717, 1.165) is 0 Å². The monoisotopic (exact) mass is 370 g/mol. The van der Waals surface area contributed by atoms with E-state index in [-0.39, 0.29) is 13.2 Å². The van der Waals surface area contributed by atoms with Crippen molar-refractivity contribution >= 4 is 0 Å². The first kappa shape index (κ1) is 20.9. The maximum absolute atomic E-state index is 9.91. The second-order valence-electron chi connectivity index (χ2n) is 6.16. The molecule has 0 unspecified atom stereocenters. The van der Waals surface area contributed by atoms with Crippen LogP contribution < -0.4 is 0 Å². The van der Waals surface area contributed by atoms with Crippen LogP contribution in [0.25, 0.3) is 0 Å². The fraction of sp³-hybridized carbons (Fsp3) is 1.00. The zero-order chi connectivity index (χ0) is 18.7. The molecule has 0 aliphatic carbocycles. The van der Waals surface area contributed by atoms with E-state index in [1.807, 2.05) is 0 Å². The minimum atomic E-state index is -1.79. The Balaban J connectivity index is 1.83. The fourth-order valence-electron chi connectivity index (χ4n) is 2.61. The second-order valence-corrected chi connectivity index (χ2v) is 6.16. The van der Waals surface area contributed by atoms with Crippen LogP contribution in [0.2, 0.25) is 0 Å². The highest BCUT2D eigenvalue weighted by molar-refractivity contribution is 4.88.